The molecule has 0 aromatic heterocycles. The predicted octanol–water partition coefficient (Wildman–Crippen LogP) is 2.49. The molecule has 1 N–H and O–H groups in total. The Morgan fingerprint density at radius 3 is 2.40 bits per heavy atom. The average molecular weight is 367 g/mol. The quantitative estimate of drug-likeness (QED) is 0.761. The third-order valence-corrected chi connectivity index (χ3v) is 4.77. The van der Waals surface area contributed by atoms with Crippen molar-refractivity contribution in [1.29, 1.82) is 0 Å². The lowest BCUT2D eigenvalue weighted by Crippen LogP contribution is -2.23. The van der Waals surface area contributed by atoms with E-state index in [1.54, 1.807) is 12.1 Å². The van der Waals surface area contributed by atoms with Crippen molar-refractivity contribution >= 4 is 16.0 Å². The number of halogens is 1. The first kappa shape index (κ1) is 18.9. The van der Waals surface area contributed by atoms with E-state index in [0.29, 0.717) is 17.9 Å². The monoisotopic (exact) mass is 367 g/mol. The number of carbonyl (C=O) groups is 1. The molecule has 8 heteroatoms. The van der Waals surface area contributed by atoms with Crippen LogP contribution >= 0.6 is 0 Å². The molecule has 134 valence electrons. The maximum absolute atomic E-state index is 13.9. The molecule has 0 amide bonds. The highest BCUT2D eigenvalue weighted by molar-refractivity contribution is 7.89. The Bertz CT molecular complexity index is 850. The molecule has 0 fully saturated rings. The number of esters is 1. The smallest absolute Gasteiger partial charge is 0.340 e. The molecule has 2 aromatic carbocycles. The Hall–Kier alpha value is -2.45. The summed E-state index contributed by atoms with van der Waals surface area (Å²) in [7, 11) is -2.60. The molecule has 25 heavy (non-hydrogen) atoms. The fraction of sp³-hybridized carbons (Fsp3) is 0.235. The van der Waals surface area contributed by atoms with Gasteiger partial charge in [-0.15, -0.1) is 0 Å². The van der Waals surface area contributed by atoms with Crippen LogP contribution in [0.3, 0.4) is 0 Å². The van der Waals surface area contributed by atoms with Crippen molar-refractivity contribution in [1.82, 2.24) is 4.72 Å². The Kier molecular flexibility index (Phi) is 6.11. The van der Waals surface area contributed by atoms with Gasteiger partial charge in [0.1, 0.15) is 11.6 Å². The number of hydrogen-bond acceptors (Lipinski definition) is 5. The Labute approximate surface area is 145 Å². The summed E-state index contributed by atoms with van der Waals surface area (Å²) >= 11 is 0. The number of hydrogen-bond donors (Lipinski definition) is 1. The van der Waals surface area contributed by atoms with Crippen LogP contribution in [0.1, 0.15) is 22.8 Å². The summed E-state index contributed by atoms with van der Waals surface area (Å²) in [6.07, 6.45) is 0. The SMILES string of the molecule is CCOc1ccc(S(=O)(=O)NCc2ccc(C(=O)OC)c(F)c2)cc1. The van der Waals surface area contributed by atoms with Crippen molar-refractivity contribution in [2.45, 2.75) is 18.4 Å². The molecule has 2 aromatic rings. The average Bonchev–Trinajstić information content (AvgIpc) is 2.60. The van der Waals surface area contributed by atoms with Crippen LogP contribution in [0.25, 0.3) is 0 Å². The molecular weight excluding hydrogens is 349 g/mol. The summed E-state index contributed by atoms with van der Waals surface area (Å²) in [4.78, 5) is 11.4. The van der Waals surface area contributed by atoms with Gasteiger partial charge in [0.25, 0.3) is 0 Å². The molecule has 0 saturated heterocycles. The van der Waals surface area contributed by atoms with Gasteiger partial charge in [0.2, 0.25) is 10.0 Å². The van der Waals surface area contributed by atoms with Gasteiger partial charge in [-0.3, -0.25) is 0 Å². The number of rotatable bonds is 7. The maximum Gasteiger partial charge on any atom is 0.340 e. The van der Waals surface area contributed by atoms with E-state index in [4.69, 9.17) is 4.74 Å². The minimum atomic E-state index is -3.75. The largest absolute Gasteiger partial charge is 0.494 e. The van der Waals surface area contributed by atoms with E-state index < -0.39 is 21.8 Å². The molecule has 2 rings (SSSR count). The lowest BCUT2D eigenvalue weighted by atomic mass is 10.1. The van der Waals surface area contributed by atoms with Gasteiger partial charge in [0.15, 0.2) is 0 Å². The van der Waals surface area contributed by atoms with Crippen LogP contribution in [0, 0.1) is 5.82 Å². The molecule has 6 nitrogen and oxygen atoms in total. The van der Waals surface area contributed by atoms with Gasteiger partial charge >= 0.3 is 5.97 Å². The molecular formula is C17H18FNO5S. The van der Waals surface area contributed by atoms with Gasteiger partial charge in [-0.1, -0.05) is 6.07 Å². The highest BCUT2D eigenvalue weighted by Gasteiger charge is 2.16. The third-order valence-electron chi connectivity index (χ3n) is 3.35. The van der Waals surface area contributed by atoms with Crippen LogP contribution in [0.15, 0.2) is 47.4 Å². The molecule has 0 heterocycles. The van der Waals surface area contributed by atoms with Crippen LogP contribution in [0.5, 0.6) is 5.75 Å². The first-order valence-corrected chi connectivity index (χ1v) is 8.95. The van der Waals surface area contributed by atoms with Crippen LogP contribution in [0.4, 0.5) is 4.39 Å². The lowest BCUT2D eigenvalue weighted by Gasteiger charge is -2.09. The van der Waals surface area contributed by atoms with E-state index in [2.05, 4.69) is 9.46 Å². The summed E-state index contributed by atoms with van der Waals surface area (Å²) in [5, 5.41) is 0. The maximum atomic E-state index is 13.9. The van der Waals surface area contributed by atoms with E-state index in [9.17, 15) is 17.6 Å². The van der Waals surface area contributed by atoms with Crippen LogP contribution in [0.2, 0.25) is 0 Å². The van der Waals surface area contributed by atoms with Crippen molar-refractivity contribution in [3.8, 4) is 5.75 Å². The standard InChI is InChI=1S/C17H18FNO5S/c1-3-24-13-5-7-14(8-6-13)25(21,22)19-11-12-4-9-15(16(18)10-12)17(20)23-2/h4-10,19H,3,11H2,1-2H3. The zero-order valence-electron chi connectivity index (χ0n) is 13.8. The topological polar surface area (TPSA) is 81.7 Å². The second kappa shape index (κ2) is 8.09. The Morgan fingerprint density at radius 1 is 1.16 bits per heavy atom. The zero-order valence-corrected chi connectivity index (χ0v) is 14.6. The second-order valence-corrected chi connectivity index (χ2v) is 6.80. The summed E-state index contributed by atoms with van der Waals surface area (Å²) in [5.41, 5.74) is 0.167. The predicted molar refractivity (Wildman–Crippen MR) is 89.4 cm³/mol. The lowest BCUT2D eigenvalue weighted by molar-refractivity contribution is 0.0595. The Morgan fingerprint density at radius 2 is 1.84 bits per heavy atom. The molecule has 0 spiro atoms. The highest BCUT2D eigenvalue weighted by atomic mass is 32.2. The molecule has 0 atom stereocenters. The number of methoxy groups -OCH3 is 1. The molecule has 0 radical (unpaired) electrons. The first-order valence-electron chi connectivity index (χ1n) is 7.46. The summed E-state index contributed by atoms with van der Waals surface area (Å²) < 4.78 is 50.5. The van der Waals surface area contributed by atoms with Crippen molar-refractivity contribution in [3.63, 3.8) is 0 Å². The normalized spacial score (nSPS) is 11.2. The summed E-state index contributed by atoms with van der Waals surface area (Å²) in [6, 6.07) is 9.76. The fourth-order valence-electron chi connectivity index (χ4n) is 2.09. The summed E-state index contributed by atoms with van der Waals surface area (Å²) in [5.74, 6) is -0.995. The number of carbonyl (C=O) groups excluding carboxylic acids is 1. The van der Waals surface area contributed by atoms with Gasteiger partial charge in [-0.25, -0.2) is 22.3 Å². The number of nitrogens with one attached hydrogen (secondary N) is 1. The van der Waals surface area contributed by atoms with Crippen molar-refractivity contribution in [3.05, 3.63) is 59.4 Å². The van der Waals surface area contributed by atoms with E-state index in [1.165, 1.54) is 24.3 Å². The van der Waals surface area contributed by atoms with Gasteiger partial charge in [-0.2, -0.15) is 0 Å². The summed E-state index contributed by atoms with van der Waals surface area (Å²) in [6.45, 7) is 2.20. The number of benzene rings is 2. The number of sulfonamides is 1. The fourth-order valence-corrected chi connectivity index (χ4v) is 3.11. The van der Waals surface area contributed by atoms with Gasteiger partial charge in [0, 0.05) is 6.54 Å². The van der Waals surface area contributed by atoms with Crippen molar-refractivity contribution in [2.24, 2.45) is 0 Å². The highest BCUT2D eigenvalue weighted by Crippen LogP contribution is 2.17. The van der Waals surface area contributed by atoms with Crippen LogP contribution in [-0.2, 0) is 21.3 Å². The van der Waals surface area contributed by atoms with E-state index in [1.807, 2.05) is 6.92 Å². The van der Waals surface area contributed by atoms with Crippen molar-refractivity contribution < 1.29 is 27.1 Å². The van der Waals surface area contributed by atoms with E-state index in [-0.39, 0.29) is 17.0 Å². The van der Waals surface area contributed by atoms with Crippen LogP contribution < -0.4 is 9.46 Å². The minimum absolute atomic E-state index is 0.0719. The second-order valence-electron chi connectivity index (χ2n) is 5.03. The van der Waals surface area contributed by atoms with E-state index >= 15 is 0 Å². The third kappa shape index (κ3) is 4.77. The van der Waals surface area contributed by atoms with Gasteiger partial charge in [-0.05, 0) is 48.9 Å². The first-order chi connectivity index (χ1) is 11.9. The van der Waals surface area contributed by atoms with Gasteiger partial charge < -0.3 is 9.47 Å². The van der Waals surface area contributed by atoms with Crippen LogP contribution in [-0.4, -0.2) is 28.1 Å². The molecule has 0 bridgehead atoms. The van der Waals surface area contributed by atoms with E-state index in [0.717, 1.165) is 13.2 Å². The molecule has 0 unspecified atom stereocenters. The molecule has 0 saturated carbocycles. The molecule has 0 aliphatic carbocycles. The minimum Gasteiger partial charge on any atom is -0.494 e. The zero-order chi connectivity index (χ0) is 18.4. The molecule has 0 aliphatic heterocycles. The Balaban J connectivity index is 2.09. The van der Waals surface area contributed by atoms with Gasteiger partial charge in [0.05, 0.1) is 24.2 Å². The van der Waals surface area contributed by atoms with Crippen molar-refractivity contribution in [2.75, 3.05) is 13.7 Å². The number of ether oxygens (including phenoxy) is 2. The molecule has 0 aliphatic rings.